The minimum absolute atomic E-state index is 0.0355. The smallest absolute Gasteiger partial charge is 0.210 e. The van der Waals surface area contributed by atoms with Gasteiger partial charge in [-0.05, 0) is 25.1 Å². The highest BCUT2D eigenvalue weighted by atomic mass is 32.2. The maximum Gasteiger partial charge on any atom is 0.210 e. The molecule has 5 heteroatoms. The quantitative estimate of drug-likeness (QED) is 0.776. The van der Waals surface area contributed by atoms with Crippen molar-refractivity contribution in [1.82, 2.24) is 4.90 Å². The number of ether oxygens (including phenoxy) is 2. The molecule has 1 fully saturated rings. The lowest BCUT2D eigenvalue weighted by Gasteiger charge is -2.54. The van der Waals surface area contributed by atoms with Crippen molar-refractivity contribution in [2.75, 3.05) is 13.7 Å². The van der Waals surface area contributed by atoms with Gasteiger partial charge in [-0.2, -0.15) is 0 Å². The van der Waals surface area contributed by atoms with E-state index < -0.39 is 5.60 Å². The fraction of sp³-hybridized carbons (Fsp3) is 0.350. The van der Waals surface area contributed by atoms with Gasteiger partial charge in [0.1, 0.15) is 11.5 Å². The zero-order chi connectivity index (χ0) is 17.2. The Kier molecular flexibility index (Phi) is 3.14. The highest BCUT2D eigenvalue weighted by Gasteiger charge is 2.63. The molecule has 3 aliphatic rings. The number of nitrogens with zero attached hydrogens (tertiary/aromatic N) is 1. The first-order valence-corrected chi connectivity index (χ1v) is 9.41. The zero-order valence-electron chi connectivity index (χ0n) is 14.1. The van der Waals surface area contributed by atoms with Gasteiger partial charge in [-0.25, -0.2) is 0 Å². The number of para-hydroxylation sites is 1. The van der Waals surface area contributed by atoms with Crippen molar-refractivity contribution in [3.05, 3.63) is 53.6 Å². The second kappa shape index (κ2) is 5.18. The number of fused-ring (bicyclic) bond motifs is 2. The van der Waals surface area contributed by atoms with Crippen LogP contribution in [0.1, 0.15) is 24.0 Å². The van der Waals surface area contributed by atoms with E-state index in [1.807, 2.05) is 34.9 Å². The summed E-state index contributed by atoms with van der Waals surface area (Å²) < 4.78 is 12.1. The van der Waals surface area contributed by atoms with Gasteiger partial charge in [0, 0.05) is 33.7 Å². The first-order valence-electron chi connectivity index (χ1n) is 8.53. The molecule has 1 saturated heterocycles. The van der Waals surface area contributed by atoms with Crippen LogP contribution in [0.4, 0.5) is 0 Å². The largest absolute Gasteiger partial charge is 0.497 e. The van der Waals surface area contributed by atoms with Gasteiger partial charge in [-0.15, -0.1) is 11.8 Å². The molecule has 3 aliphatic heterocycles. The maximum absolute atomic E-state index is 11.7. The molecule has 2 bridgehead atoms. The van der Waals surface area contributed by atoms with E-state index in [1.165, 1.54) is 10.5 Å². The van der Waals surface area contributed by atoms with Crippen LogP contribution in [0.2, 0.25) is 0 Å². The van der Waals surface area contributed by atoms with Gasteiger partial charge in [0.2, 0.25) is 6.41 Å². The van der Waals surface area contributed by atoms with Gasteiger partial charge in [-0.3, -0.25) is 4.79 Å². The molecule has 1 amide bonds. The Morgan fingerprint density at radius 3 is 2.96 bits per heavy atom. The predicted octanol–water partition coefficient (Wildman–Crippen LogP) is 3.40. The third-order valence-corrected chi connectivity index (χ3v) is 7.21. The molecule has 4 atom stereocenters. The summed E-state index contributed by atoms with van der Waals surface area (Å²) in [6.45, 7) is 2.84. The summed E-state index contributed by atoms with van der Waals surface area (Å²) in [6.07, 6.45) is 0.969. The first kappa shape index (κ1) is 15.1. The number of benzene rings is 2. The lowest BCUT2D eigenvalue weighted by atomic mass is 9.69. The Labute approximate surface area is 151 Å². The summed E-state index contributed by atoms with van der Waals surface area (Å²) in [5, 5.41) is 0.268. The Morgan fingerprint density at radius 2 is 2.16 bits per heavy atom. The maximum atomic E-state index is 11.7. The molecule has 2 aromatic carbocycles. The molecular weight excluding hydrogens is 334 g/mol. The predicted molar refractivity (Wildman–Crippen MR) is 96.4 cm³/mol. The van der Waals surface area contributed by atoms with E-state index in [-0.39, 0.29) is 17.2 Å². The van der Waals surface area contributed by atoms with Gasteiger partial charge in [-0.1, -0.05) is 24.3 Å². The van der Waals surface area contributed by atoms with Crippen LogP contribution in [0.3, 0.4) is 0 Å². The van der Waals surface area contributed by atoms with Crippen molar-refractivity contribution in [2.24, 2.45) is 0 Å². The fourth-order valence-corrected chi connectivity index (χ4v) is 6.34. The lowest BCUT2D eigenvalue weighted by molar-refractivity contribution is -0.130. The average molecular weight is 353 g/mol. The number of thioether (sulfide) groups is 1. The average Bonchev–Trinajstić information content (AvgIpc) is 3.01. The number of hydrogen-bond acceptors (Lipinski definition) is 4. The van der Waals surface area contributed by atoms with Crippen molar-refractivity contribution < 1.29 is 14.3 Å². The van der Waals surface area contributed by atoms with E-state index in [9.17, 15) is 4.79 Å². The molecule has 0 saturated carbocycles. The Hall–Kier alpha value is -2.14. The normalized spacial score (nSPS) is 31.4. The van der Waals surface area contributed by atoms with Gasteiger partial charge in [0.05, 0.1) is 13.2 Å². The van der Waals surface area contributed by atoms with Gasteiger partial charge >= 0.3 is 0 Å². The topological polar surface area (TPSA) is 38.8 Å². The molecule has 25 heavy (non-hydrogen) atoms. The first-order chi connectivity index (χ1) is 12.2. The number of piperidine rings is 1. The van der Waals surface area contributed by atoms with E-state index in [0.29, 0.717) is 0 Å². The van der Waals surface area contributed by atoms with Crippen LogP contribution in [0.25, 0.3) is 0 Å². The number of carbonyl (C=O) groups excluding carboxylic acids is 1. The summed E-state index contributed by atoms with van der Waals surface area (Å²) in [7, 11) is 1.69. The van der Waals surface area contributed by atoms with Crippen LogP contribution < -0.4 is 9.47 Å². The second-order valence-electron chi connectivity index (χ2n) is 6.91. The molecule has 5 rings (SSSR count). The van der Waals surface area contributed by atoms with Gasteiger partial charge in [0.25, 0.3) is 0 Å². The Balaban J connectivity index is 1.77. The highest BCUT2D eigenvalue weighted by Crippen LogP contribution is 2.64. The number of methoxy groups -OCH3 is 1. The van der Waals surface area contributed by atoms with Crippen LogP contribution in [0.5, 0.6) is 11.5 Å². The van der Waals surface area contributed by atoms with Crippen molar-refractivity contribution in [1.29, 1.82) is 0 Å². The van der Waals surface area contributed by atoms with E-state index in [0.717, 1.165) is 30.0 Å². The number of likely N-dealkylation sites (tertiary alicyclic amines) is 1. The molecule has 3 heterocycles. The molecule has 2 aromatic rings. The molecule has 0 aromatic heterocycles. The minimum Gasteiger partial charge on any atom is -0.497 e. The summed E-state index contributed by atoms with van der Waals surface area (Å²) in [5.41, 5.74) is 1.90. The van der Waals surface area contributed by atoms with Crippen molar-refractivity contribution >= 4 is 18.2 Å². The Morgan fingerprint density at radius 1 is 1.32 bits per heavy atom. The Bertz CT molecular complexity index is 870. The third-order valence-electron chi connectivity index (χ3n) is 5.90. The molecule has 4 nitrogen and oxygen atoms in total. The highest BCUT2D eigenvalue weighted by molar-refractivity contribution is 8.00. The molecule has 0 radical (unpaired) electrons. The van der Waals surface area contributed by atoms with Gasteiger partial charge < -0.3 is 14.4 Å². The molecule has 4 unspecified atom stereocenters. The van der Waals surface area contributed by atoms with Crippen LogP contribution in [-0.2, 0) is 10.4 Å². The van der Waals surface area contributed by atoms with Crippen molar-refractivity contribution in [3.8, 4) is 11.5 Å². The standard InChI is InChI=1S/C20H19NO3S/c1-12-20-15-8-7-13(23-2)9-17(15)25-18(10-21(12)11-22)19(20)14-5-3-4-6-16(14)24-20/h3-9,11-12,18-19H,10H2,1-2H3. The van der Waals surface area contributed by atoms with E-state index >= 15 is 0 Å². The number of hydrogen-bond donors (Lipinski definition) is 0. The number of rotatable bonds is 2. The van der Waals surface area contributed by atoms with Crippen molar-refractivity contribution in [3.63, 3.8) is 0 Å². The van der Waals surface area contributed by atoms with Crippen LogP contribution in [-0.4, -0.2) is 36.3 Å². The van der Waals surface area contributed by atoms with E-state index in [2.05, 4.69) is 31.2 Å². The summed E-state index contributed by atoms with van der Waals surface area (Å²) in [5.74, 6) is 2.05. The lowest BCUT2D eigenvalue weighted by Crippen LogP contribution is -2.63. The third kappa shape index (κ3) is 1.82. The summed E-state index contributed by atoms with van der Waals surface area (Å²) >= 11 is 1.84. The van der Waals surface area contributed by atoms with Gasteiger partial charge in [0.15, 0.2) is 5.60 Å². The zero-order valence-corrected chi connectivity index (χ0v) is 15.0. The van der Waals surface area contributed by atoms with Crippen LogP contribution in [0.15, 0.2) is 47.4 Å². The SMILES string of the molecule is COc1ccc2c(c1)SC1CN(C=O)C(C)C23Oc2ccccc2C13. The number of amides is 1. The molecule has 0 N–H and O–H groups in total. The molecule has 0 spiro atoms. The summed E-state index contributed by atoms with van der Waals surface area (Å²) in [6, 6.07) is 14.5. The van der Waals surface area contributed by atoms with E-state index in [1.54, 1.807) is 7.11 Å². The van der Waals surface area contributed by atoms with Crippen LogP contribution in [0, 0.1) is 0 Å². The van der Waals surface area contributed by atoms with E-state index in [4.69, 9.17) is 9.47 Å². The number of carbonyl (C=O) groups is 1. The molecule has 0 aliphatic carbocycles. The summed E-state index contributed by atoms with van der Waals surface area (Å²) in [4.78, 5) is 14.8. The monoisotopic (exact) mass is 353 g/mol. The molecular formula is C20H19NO3S. The fourth-order valence-electron chi connectivity index (χ4n) is 4.75. The molecule has 128 valence electrons. The minimum atomic E-state index is -0.527. The van der Waals surface area contributed by atoms with Crippen molar-refractivity contribution in [2.45, 2.75) is 34.6 Å². The van der Waals surface area contributed by atoms with Crippen LogP contribution >= 0.6 is 11.8 Å². The second-order valence-corrected chi connectivity index (χ2v) is 8.19.